The number of fused-ring (bicyclic) bond motifs is 12. The van der Waals surface area contributed by atoms with Gasteiger partial charge in [-0.3, -0.25) is 19.2 Å². The van der Waals surface area contributed by atoms with E-state index in [9.17, 15) is 4.79 Å². The first-order chi connectivity index (χ1) is 21.2. The fourth-order valence-corrected chi connectivity index (χ4v) is 8.78. The lowest BCUT2D eigenvalue weighted by atomic mass is 9.69. The van der Waals surface area contributed by atoms with Crippen molar-refractivity contribution < 1.29 is 19.1 Å². The average molecular weight is 594 g/mol. The summed E-state index contributed by atoms with van der Waals surface area (Å²) < 4.78 is 14.5. The lowest BCUT2D eigenvalue weighted by Gasteiger charge is -2.36. The van der Waals surface area contributed by atoms with Gasteiger partial charge in [-0.1, -0.05) is 53.7 Å². The number of carbonyl (C=O) groups is 2. The fraction of sp³-hybridized carbons (Fsp3) is 0.333. The van der Waals surface area contributed by atoms with Gasteiger partial charge in [-0.2, -0.15) is 0 Å². The van der Waals surface area contributed by atoms with Crippen molar-refractivity contribution in [3.8, 4) is 11.5 Å². The van der Waals surface area contributed by atoms with Crippen LogP contribution in [0.4, 0.5) is 5.69 Å². The van der Waals surface area contributed by atoms with Gasteiger partial charge in [0.25, 0.3) is 0 Å². The maximum atomic E-state index is 15.2. The maximum absolute atomic E-state index is 15.2. The zero-order valence-corrected chi connectivity index (χ0v) is 24.3. The van der Waals surface area contributed by atoms with E-state index in [2.05, 4.69) is 26.6 Å². The van der Waals surface area contributed by atoms with E-state index < -0.39 is 11.5 Å². The zero-order valence-electron chi connectivity index (χ0n) is 23.5. The van der Waals surface area contributed by atoms with Crippen molar-refractivity contribution >= 4 is 29.1 Å². The lowest BCUT2D eigenvalue weighted by molar-refractivity contribution is -0.127. The summed E-state index contributed by atoms with van der Waals surface area (Å²) in [7, 11) is 0. The first-order valence-corrected chi connectivity index (χ1v) is 15.9. The number of ketones is 1. The van der Waals surface area contributed by atoms with Gasteiger partial charge in [-0.05, 0) is 42.7 Å². The fourth-order valence-electron chi connectivity index (χ4n) is 7.45. The van der Waals surface area contributed by atoms with Crippen LogP contribution in [0.15, 0.2) is 79.0 Å². The maximum Gasteiger partial charge on any atom is 0.250 e. The van der Waals surface area contributed by atoms with Crippen molar-refractivity contribution in [2.45, 2.75) is 43.5 Å². The molecule has 1 aromatic heterocycles. The number of hydrogen-bond donors (Lipinski definition) is 1. The van der Waals surface area contributed by atoms with Gasteiger partial charge in [0.1, 0.15) is 29.3 Å². The monoisotopic (exact) mass is 593 g/mol. The summed E-state index contributed by atoms with van der Waals surface area (Å²) in [5.74, 6) is 1.44. The molecule has 1 unspecified atom stereocenters. The highest BCUT2D eigenvalue weighted by molar-refractivity contribution is 7.99. The molecule has 3 aromatic carbocycles. The number of hydrogen-bond acceptors (Lipinski definition) is 8. The molecule has 10 heteroatoms. The Morgan fingerprint density at radius 3 is 2.67 bits per heavy atom. The highest BCUT2D eigenvalue weighted by Crippen LogP contribution is 2.62. The van der Waals surface area contributed by atoms with Crippen LogP contribution in [-0.4, -0.2) is 55.9 Å². The minimum atomic E-state index is -1.17. The van der Waals surface area contributed by atoms with Crippen LogP contribution in [0.1, 0.15) is 45.9 Å². The molecule has 5 heterocycles. The molecule has 4 aromatic rings. The zero-order chi connectivity index (χ0) is 29.0. The van der Waals surface area contributed by atoms with Crippen LogP contribution in [0.3, 0.4) is 0 Å². The highest BCUT2D eigenvalue weighted by Gasteiger charge is 2.70. The number of ether oxygens (including phenoxy) is 2. The third-order valence-corrected chi connectivity index (χ3v) is 10.3. The second-order valence-electron chi connectivity index (χ2n) is 11.5. The molecule has 43 heavy (non-hydrogen) atoms. The number of benzene rings is 3. The minimum Gasteiger partial charge on any atom is -0.493 e. The Labute approximate surface area is 253 Å². The van der Waals surface area contributed by atoms with Gasteiger partial charge in [0.15, 0.2) is 5.78 Å². The number of aromatic nitrogens is 3. The molecule has 4 aliphatic heterocycles. The van der Waals surface area contributed by atoms with Gasteiger partial charge in [0.05, 0.1) is 24.3 Å². The number of para-hydroxylation sites is 3. The summed E-state index contributed by atoms with van der Waals surface area (Å²) in [6.45, 7) is 1.45. The molecule has 2 saturated heterocycles. The van der Waals surface area contributed by atoms with E-state index in [4.69, 9.17) is 9.47 Å². The Hall–Kier alpha value is -4.15. The molecule has 4 aliphatic rings. The normalized spacial score (nSPS) is 26.7. The molecule has 0 radical (unpaired) electrons. The van der Waals surface area contributed by atoms with Crippen LogP contribution in [0.5, 0.6) is 11.5 Å². The topological polar surface area (TPSA) is 98.6 Å². The Kier molecular flexibility index (Phi) is 6.49. The van der Waals surface area contributed by atoms with E-state index in [0.717, 1.165) is 47.7 Å². The molecule has 1 amide bonds. The van der Waals surface area contributed by atoms with Crippen molar-refractivity contribution in [2.75, 3.05) is 23.6 Å². The quantitative estimate of drug-likeness (QED) is 0.309. The van der Waals surface area contributed by atoms with Crippen LogP contribution >= 0.6 is 11.8 Å². The summed E-state index contributed by atoms with van der Waals surface area (Å²) in [5.41, 5.74) is 2.56. The van der Waals surface area contributed by atoms with E-state index in [0.29, 0.717) is 29.5 Å². The van der Waals surface area contributed by atoms with Crippen molar-refractivity contribution in [3.05, 3.63) is 101 Å². The van der Waals surface area contributed by atoms with Crippen molar-refractivity contribution in [1.82, 2.24) is 19.9 Å². The molecular weight excluding hydrogens is 562 g/mol. The van der Waals surface area contributed by atoms with E-state index in [1.54, 1.807) is 0 Å². The van der Waals surface area contributed by atoms with Gasteiger partial charge >= 0.3 is 0 Å². The number of amides is 1. The van der Waals surface area contributed by atoms with Crippen LogP contribution in [0.25, 0.3) is 0 Å². The number of nitrogens with one attached hydrogen (secondary N) is 1. The molecule has 1 spiro atoms. The molecule has 0 aliphatic carbocycles. The molecule has 1 N–H and O–H groups in total. The van der Waals surface area contributed by atoms with Crippen LogP contribution < -0.4 is 14.8 Å². The second-order valence-corrected chi connectivity index (χ2v) is 12.5. The molecule has 9 nitrogen and oxygen atoms in total. The van der Waals surface area contributed by atoms with Gasteiger partial charge in [0.2, 0.25) is 5.91 Å². The molecule has 2 fully saturated rings. The number of Topliss-reactive ketones (excluding diaryl/α,β-unsaturated/α-hetero) is 1. The Morgan fingerprint density at radius 1 is 0.930 bits per heavy atom. The predicted molar refractivity (Wildman–Crippen MR) is 162 cm³/mol. The van der Waals surface area contributed by atoms with Crippen molar-refractivity contribution in [2.24, 2.45) is 5.92 Å². The first-order valence-electron chi connectivity index (χ1n) is 14.8. The van der Waals surface area contributed by atoms with Gasteiger partial charge in [-0.15, -0.1) is 16.9 Å². The average Bonchev–Trinajstić information content (AvgIpc) is 3.80. The number of anilines is 1. The number of nitrogens with zero attached hydrogens (tertiary/aromatic N) is 4. The number of aryl methyl sites for hydroxylation is 1. The molecular formula is C33H31N5O4S. The van der Waals surface area contributed by atoms with Gasteiger partial charge in [-0.25, -0.2) is 0 Å². The Morgan fingerprint density at radius 2 is 1.74 bits per heavy atom. The smallest absolute Gasteiger partial charge is 0.250 e. The number of thioether (sulfide) groups is 1. The standard InChI is InChI=1S/C33H31N5O4S/c39-31-23-10-2-6-14-28(23)42-18-21-17-37(36-35-21)15-7-8-16-41-27-13-5-1-9-22(27)29-26-19-43-20-38(26)33(30(29)31)24-11-3-4-12-25(24)34-32(33)40/h1-6,9-14,17,26,29-30H,7-8,15-16,18-20H2,(H,34,40)/t26?,29-,30-,33+/m0/s1. The molecule has 0 saturated carbocycles. The third kappa shape index (κ3) is 4.11. The summed E-state index contributed by atoms with van der Waals surface area (Å²) >= 11 is 1.81. The molecule has 8 rings (SSSR count). The Balaban J connectivity index is 1.34. The minimum absolute atomic E-state index is 0.0372. The van der Waals surface area contributed by atoms with Crippen LogP contribution in [0, 0.1) is 5.92 Å². The van der Waals surface area contributed by atoms with Crippen molar-refractivity contribution in [3.63, 3.8) is 0 Å². The largest absolute Gasteiger partial charge is 0.493 e. The highest BCUT2D eigenvalue weighted by atomic mass is 32.2. The van der Waals surface area contributed by atoms with Gasteiger partial charge in [0, 0.05) is 41.4 Å². The van der Waals surface area contributed by atoms with Crippen LogP contribution in [-0.2, 0) is 23.5 Å². The third-order valence-electron chi connectivity index (χ3n) is 9.24. The lowest BCUT2D eigenvalue weighted by Crippen LogP contribution is -2.52. The number of rotatable bonds is 0. The summed E-state index contributed by atoms with van der Waals surface area (Å²) in [4.78, 5) is 31.9. The summed E-state index contributed by atoms with van der Waals surface area (Å²) in [5, 5.41) is 11.7. The summed E-state index contributed by atoms with van der Waals surface area (Å²) in [6, 6.07) is 23.2. The van der Waals surface area contributed by atoms with E-state index in [-0.39, 0.29) is 30.3 Å². The molecule has 2 bridgehead atoms. The van der Waals surface area contributed by atoms with Crippen molar-refractivity contribution in [1.29, 1.82) is 0 Å². The molecule has 4 atom stereocenters. The summed E-state index contributed by atoms with van der Waals surface area (Å²) in [6.07, 6.45) is 3.60. The second kappa shape index (κ2) is 10.5. The van der Waals surface area contributed by atoms with E-state index in [1.807, 2.05) is 89.4 Å². The Bertz CT molecular complexity index is 1720. The number of carbonyl (C=O) groups excluding carboxylic acids is 2. The van der Waals surface area contributed by atoms with E-state index >= 15 is 4.79 Å². The van der Waals surface area contributed by atoms with E-state index in [1.165, 1.54) is 0 Å². The van der Waals surface area contributed by atoms with Crippen LogP contribution in [0.2, 0.25) is 0 Å². The SMILES string of the molecule is O=C1c2ccccc2OCc2cn(nn2)CCCCOc2ccccc2[C@H]2C3CSCN3[C@@]3(C(=O)Nc4ccccc43)[C@H]12. The molecule has 218 valence electrons. The van der Waals surface area contributed by atoms with Gasteiger partial charge < -0.3 is 14.8 Å². The first kappa shape index (κ1) is 26.5. The predicted octanol–water partition coefficient (Wildman–Crippen LogP) is 4.85.